The fourth-order valence-electron chi connectivity index (χ4n) is 2.30. The molecule has 2 aromatic rings. The van der Waals surface area contributed by atoms with E-state index >= 15 is 0 Å². The lowest BCUT2D eigenvalue weighted by molar-refractivity contribution is 0.300. The molecule has 0 aliphatic rings. The van der Waals surface area contributed by atoms with Crippen LogP contribution in [0.25, 0.3) is 0 Å². The van der Waals surface area contributed by atoms with E-state index in [-0.39, 0.29) is 11.9 Å². The van der Waals surface area contributed by atoms with Gasteiger partial charge in [-0.2, -0.15) is 0 Å². The van der Waals surface area contributed by atoms with E-state index < -0.39 is 0 Å². The summed E-state index contributed by atoms with van der Waals surface area (Å²) >= 11 is 0. The number of rotatable bonds is 6. The zero-order valence-corrected chi connectivity index (χ0v) is 12.4. The Morgan fingerprint density at radius 2 is 1.95 bits per heavy atom. The predicted molar refractivity (Wildman–Crippen MR) is 82.7 cm³/mol. The molecule has 0 aliphatic heterocycles. The van der Waals surface area contributed by atoms with Crippen molar-refractivity contribution in [2.75, 3.05) is 20.7 Å². The van der Waals surface area contributed by atoms with Crippen LogP contribution < -0.4 is 10.5 Å². The summed E-state index contributed by atoms with van der Waals surface area (Å²) in [7, 11) is 3.57. The molecule has 112 valence electrons. The summed E-state index contributed by atoms with van der Waals surface area (Å²) in [6.07, 6.45) is 0. The third-order valence-electron chi connectivity index (χ3n) is 3.43. The van der Waals surface area contributed by atoms with Crippen LogP contribution >= 0.6 is 0 Å². The van der Waals surface area contributed by atoms with E-state index in [1.165, 1.54) is 6.07 Å². The van der Waals surface area contributed by atoms with Crippen LogP contribution in [0, 0.1) is 5.82 Å². The van der Waals surface area contributed by atoms with Crippen molar-refractivity contribution in [3.05, 3.63) is 65.5 Å². The van der Waals surface area contributed by atoms with E-state index in [1.807, 2.05) is 42.3 Å². The number of ether oxygens (including phenoxy) is 1. The molecule has 0 bridgehead atoms. The third-order valence-corrected chi connectivity index (χ3v) is 3.43. The number of nitrogens with zero attached hydrogens (tertiary/aromatic N) is 1. The number of likely N-dealkylation sites (N-methyl/N-ethyl adjacent to an activating group) is 1. The lowest BCUT2D eigenvalue weighted by Crippen LogP contribution is -2.29. The van der Waals surface area contributed by atoms with Crippen molar-refractivity contribution in [2.24, 2.45) is 5.73 Å². The van der Waals surface area contributed by atoms with Gasteiger partial charge in [0.1, 0.15) is 11.6 Å². The molecule has 4 heteroatoms. The fourth-order valence-corrected chi connectivity index (χ4v) is 2.30. The summed E-state index contributed by atoms with van der Waals surface area (Å²) in [5, 5.41) is 0. The van der Waals surface area contributed by atoms with Crippen LogP contribution in [0.2, 0.25) is 0 Å². The van der Waals surface area contributed by atoms with Crippen LogP contribution in [0.5, 0.6) is 5.75 Å². The first-order valence-electron chi connectivity index (χ1n) is 6.91. The van der Waals surface area contributed by atoms with E-state index in [9.17, 15) is 4.39 Å². The fraction of sp³-hybridized carbons (Fsp3) is 0.294. The summed E-state index contributed by atoms with van der Waals surface area (Å²) in [5.74, 6) is 0.610. The topological polar surface area (TPSA) is 38.5 Å². The van der Waals surface area contributed by atoms with Gasteiger partial charge in [-0.25, -0.2) is 4.39 Å². The Bertz CT molecular complexity index is 589. The highest BCUT2D eigenvalue weighted by Crippen LogP contribution is 2.19. The van der Waals surface area contributed by atoms with Gasteiger partial charge in [-0.3, -0.25) is 0 Å². The number of hydrogen-bond donors (Lipinski definition) is 1. The summed E-state index contributed by atoms with van der Waals surface area (Å²) < 4.78 is 18.8. The minimum absolute atomic E-state index is 0.142. The van der Waals surface area contributed by atoms with Crippen LogP contribution in [-0.4, -0.2) is 25.6 Å². The largest absolute Gasteiger partial charge is 0.497 e. The first-order valence-corrected chi connectivity index (χ1v) is 6.91. The molecule has 1 atom stereocenters. The van der Waals surface area contributed by atoms with Crippen molar-refractivity contribution in [1.82, 2.24) is 4.90 Å². The van der Waals surface area contributed by atoms with Crippen LogP contribution in [0.1, 0.15) is 17.2 Å². The molecule has 2 rings (SSSR count). The maximum Gasteiger partial charge on any atom is 0.127 e. The van der Waals surface area contributed by atoms with Gasteiger partial charge in [-0.1, -0.05) is 30.3 Å². The SMILES string of the molecule is COc1cccc(C(N)CN(C)Cc2ccccc2F)c1. The van der Waals surface area contributed by atoms with Gasteiger partial charge >= 0.3 is 0 Å². The number of methoxy groups -OCH3 is 1. The highest BCUT2D eigenvalue weighted by molar-refractivity contribution is 5.30. The zero-order chi connectivity index (χ0) is 15.2. The number of halogens is 1. The molecule has 2 aromatic carbocycles. The Labute approximate surface area is 125 Å². The first-order chi connectivity index (χ1) is 10.1. The van der Waals surface area contributed by atoms with E-state index in [4.69, 9.17) is 10.5 Å². The molecule has 2 N–H and O–H groups in total. The second-order valence-electron chi connectivity index (χ2n) is 5.17. The molecule has 0 spiro atoms. The van der Waals surface area contributed by atoms with Gasteiger partial charge < -0.3 is 15.4 Å². The second-order valence-corrected chi connectivity index (χ2v) is 5.17. The van der Waals surface area contributed by atoms with E-state index in [0.717, 1.165) is 11.3 Å². The van der Waals surface area contributed by atoms with Crippen LogP contribution in [0.4, 0.5) is 4.39 Å². The average molecular weight is 288 g/mol. The molecule has 0 saturated heterocycles. The van der Waals surface area contributed by atoms with Gasteiger partial charge in [0.25, 0.3) is 0 Å². The second kappa shape index (κ2) is 7.20. The molecule has 0 amide bonds. The summed E-state index contributed by atoms with van der Waals surface area (Å²) in [6, 6.07) is 14.4. The molecule has 3 nitrogen and oxygen atoms in total. The van der Waals surface area contributed by atoms with Gasteiger partial charge in [-0.15, -0.1) is 0 Å². The number of nitrogens with two attached hydrogens (primary N) is 1. The van der Waals surface area contributed by atoms with Crippen LogP contribution in [-0.2, 0) is 6.54 Å². The Morgan fingerprint density at radius 1 is 1.19 bits per heavy atom. The Balaban J connectivity index is 1.98. The quantitative estimate of drug-likeness (QED) is 0.888. The maximum atomic E-state index is 13.6. The summed E-state index contributed by atoms with van der Waals surface area (Å²) in [5.41, 5.74) is 7.91. The molecule has 21 heavy (non-hydrogen) atoms. The highest BCUT2D eigenvalue weighted by atomic mass is 19.1. The molecular weight excluding hydrogens is 267 g/mol. The normalized spacial score (nSPS) is 12.4. The van der Waals surface area contributed by atoms with Crippen molar-refractivity contribution < 1.29 is 9.13 Å². The number of benzene rings is 2. The summed E-state index contributed by atoms with van der Waals surface area (Å²) in [4.78, 5) is 2.02. The molecule has 0 aromatic heterocycles. The van der Waals surface area contributed by atoms with E-state index in [2.05, 4.69) is 0 Å². The number of hydrogen-bond acceptors (Lipinski definition) is 3. The Kier molecular flexibility index (Phi) is 5.31. The molecule has 0 radical (unpaired) electrons. The average Bonchev–Trinajstić information content (AvgIpc) is 2.49. The standard InChI is InChI=1S/C17H21FN2O/c1-20(11-14-6-3-4-9-16(14)18)12-17(19)13-7-5-8-15(10-13)21-2/h3-10,17H,11-12,19H2,1-2H3. The smallest absolute Gasteiger partial charge is 0.127 e. The first kappa shape index (κ1) is 15.5. The van der Waals surface area contributed by atoms with Crippen molar-refractivity contribution in [3.63, 3.8) is 0 Å². The van der Waals surface area contributed by atoms with Crippen molar-refractivity contribution in [1.29, 1.82) is 0 Å². The van der Waals surface area contributed by atoms with Crippen LogP contribution in [0.3, 0.4) is 0 Å². The Morgan fingerprint density at radius 3 is 2.67 bits per heavy atom. The highest BCUT2D eigenvalue weighted by Gasteiger charge is 2.12. The molecule has 1 unspecified atom stereocenters. The van der Waals surface area contributed by atoms with Crippen LogP contribution in [0.15, 0.2) is 48.5 Å². The minimum Gasteiger partial charge on any atom is -0.497 e. The molecular formula is C17H21FN2O. The van der Waals surface area contributed by atoms with Crippen molar-refractivity contribution in [3.8, 4) is 5.75 Å². The Hall–Kier alpha value is -1.91. The van der Waals surface area contributed by atoms with Crippen molar-refractivity contribution in [2.45, 2.75) is 12.6 Å². The molecule has 0 saturated carbocycles. The molecule has 0 fully saturated rings. The van der Waals surface area contributed by atoms with Gasteiger partial charge in [-0.05, 0) is 30.8 Å². The van der Waals surface area contributed by atoms with E-state index in [0.29, 0.717) is 18.7 Å². The van der Waals surface area contributed by atoms with Gasteiger partial charge in [0.15, 0.2) is 0 Å². The van der Waals surface area contributed by atoms with Gasteiger partial charge in [0.05, 0.1) is 7.11 Å². The van der Waals surface area contributed by atoms with Gasteiger partial charge in [0.2, 0.25) is 0 Å². The third kappa shape index (κ3) is 4.28. The summed E-state index contributed by atoms with van der Waals surface area (Å²) in [6.45, 7) is 1.17. The van der Waals surface area contributed by atoms with E-state index in [1.54, 1.807) is 19.2 Å². The molecule has 0 heterocycles. The maximum absolute atomic E-state index is 13.6. The lowest BCUT2D eigenvalue weighted by atomic mass is 10.1. The molecule has 0 aliphatic carbocycles. The lowest BCUT2D eigenvalue weighted by Gasteiger charge is -2.22. The monoisotopic (exact) mass is 288 g/mol. The van der Waals surface area contributed by atoms with Crippen molar-refractivity contribution >= 4 is 0 Å². The van der Waals surface area contributed by atoms with Gasteiger partial charge in [0, 0.05) is 24.7 Å². The minimum atomic E-state index is -0.181. The predicted octanol–water partition coefficient (Wildman–Crippen LogP) is 2.97. The zero-order valence-electron chi connectivity index (χ0n) is 12.4.